The summed E-state index contributed by atoms with van der Waals surface area (Å²) < 4.78 is 0. The van der Waals surface area contributed by atoms with Gasteiger partial charge >= 0.3 is 5.97 Å². The highest BCUT2D eigenvalue weighted by molar-refractivity contribution is 5.66. The van der Waals surface area contributed by atoms with Gasteiger partial charge in [0.25, 0.3) is 0 Å². The minimum absolute atomic E-state index is 0.229. The first kappa shape index (κ1) is 16.0. The van der Waals surface area contributed by atoms with Crippen molar-refractivity contribution in [1.29, 1.82) is 5.26 Å². The number of nitrogens with zero attached hydrogens (tertiary/aromatic N) is 2. The summed E-state index contributed by atoms with van der Waals surface area (Å²) in [6.45, 7) is 2.85. The van der Waals surface area contributed by atoms with E-state index in [1.165, 1.54) is 0 Å². The topological polar surface area (TPSA) is 86.0 Å². The maximum absolute atomic E-state index is 10.6. The largest absolute Gasteiger partial charge is 0.481 e. The molecule has 0 bridgehead atoms. The lowest BCUT2D eigenvalue weighted by Gasteiger charge is -2.15. The normalized spacial score (nSPS) is 11.6. The van der Waals surface area contributed by atoms with Crippen LogP contribution in [0.25, 0.3) is 0 Å². The van der Waals surface area contributed by atoms with Gasteiger partial charge in [0.15, 0.2) is 0 Å². The van der Waals surface area contributed by atoms with E-state index in [1.54, 1.807) is 12.1 Å². The zero-order valence-electron chi connectivity index (χ0n) is 11.8. The van der Waals surface area contributed by atoms with Crippen LogP contribution in [0, 0.1) is 17.2 Å². The van der Waals surface area contributed by atoms with E-state index < -0.39 is 5.97 Å². The number of nitriles is 1. The lowest BCUT2D eigenvalue weighted by molar-refractivity contribution is -0.137. The molecule has 1 aromatic heterocycles. The zero-order valence-corrected chi connectivity index (χ0v) is 11.8. The predicted molar refractivity (Wildman–Crippen MR) is 77.3 cm³/mol. The third-order valence-electron chi connectivity index (χ3n) is 3.19. The molecule has 1 heterocycles. The van der Waals surface area contributed by atoms with Gasteiger partial charge in [0.1, 0.15) is 17.6 Å². The van der Waals surface area contributed by atoms with Crippen molar-refractivity contribution in [2.45, 2.75) is 39.0 Å². The number of aromatic nitrogens is 1. The van der Waals surface area contributed by atoms with E-state index in [0.717, 1.165) is 32.2 Å². The summed E-state index contributed by atoms with van der Waals surface area (Å²) in [5.74, 6) is 0.378. The molecule has 0 spiro atoms. The van der Waals surface area contributed by atoms with Gasteiger partial charge in [-0.25, -0.2) is 4.98 Å². The highest BCUT2D eigenvalue weighted by atomic mass is 16.4. The molecular formula is C15H21N3O2. The van der Waals surface area contributed by atoms with Gasteiger partial charge in [0, 0.05) is 13.0 Å². The first-order valence-electron chi connectivity index (χ1n) is 6.98. The second-order valence-electron chi connectivity index (χ2n) is 4.82. The molecule has 0 aliphatic rings. The summed E-state index contributed by atoms with van der Waals surface area (Å²) in [5, 5.41) is 20.7. The summed E-state index contributed by atoms with van der Waals surface area (Å²) in [4.78, 5) is 14.8. The summed E-state index contributed by atoms with van der Waals surface area (Å²) in [6, 6.07) is 7.29. The van der Waals surface area contributed by atoms with Crippen LogP contribution in [0.2, 0.25) is 0 Å². The smallest absolute Gasteiger partial charge is 0.303 e. The van der Waals surface area contributed by atoms with E-state index in [4.69, 9.17) is 10.4 Å². The molecule has 2 N–H and O–H groups in total. The molecule has 5 heteroatoms. The molecule has 0 aliphatic carbocycles. The van der Waals surface area contributed by atoms with Crippen LogP contribution in [-0.2, 0) is 4.79 Å². The van der Waals surface area contributed by atoms with E-state index in [0.29, 0.717) is 17.4 Å². The quantitative estimate of drug-likeness (QED) is 0.723. The number of anilines is 1. The number of nitrogens with one attached hydrogen (secondary N) is 1. The van der Waals surface area contributed by atoms with Crippen LogP contribution in [0.1, 0.15) is 44.7 Å². The fourth-order valence-electron chi connectivity index (χ4n) is 2.17. The molecule has 0 aromatic carbocycles. The van der Waals surface area contributed by atoms with Crippen molar-refractivity contribution in [3.8, 4) is 6.07 Å². The second kappa shape index (κ2) is 8.92. The first-order valence-corrected chi connectivity index (χ1v) is 6.98. The Morgan fingerprint density at radius 2 is 2.25 bits per heavy atom. The van der Waals surface area contributed by atoms with Gasteiger partial charge < -0.3 is 10.4 Å². The number of carboxylic acid groups (broad SMARTS) is 1. The van der Waals surface area contributed by atoms with Crippen LogP contribution in [0.15, 0.2) is 18.2 Å². The van der Waals surface area contributed by atoms with Crippen molar-refractivity contribution in [2.24, 2.45) is 5.92 Å². The Hall–Kier alpha value is -2.09. The van der Waals surface area contributed by atoms with E-state index in [-0.39, 0.29) is 6.42 Å². The van der Waals surface area contributed by atoms with E-state index in [9.17, 15) is 4.79 Å². The van der Waals surface area contributed by atoms with Gasteiger partial charge in [-0.15, -0.1) is 0 Å². The molecule has 108 valence electrons. The van der Waals surface area contributed by atoms with Gasteiger partial charge in [-0.1, -0.05) is 25.8 Å². The Morgan fingerprint density at radius 3 is 2.90 bits per heavy atom. The number of carbonyl (C=O) groups is 1. The van der Waals surface area contributed by atoms with Gasteiger partial charge in [-0.3, -0.25) is 4.79 Å². The summed E-state index contributed by atoms with van der Waals surface area (Å²) in [5.41, 5.74) is 0.394. The first-order chi connectivity index (χ1) is 9.65. The highest BCUT2D eigenvalue weighted by Crippen LogP contribution is 2.18. The van der Waals surface area contributed by atoms with E-state index in [2.05, 4.69) is 17.2 Å². The SMILES string of the molecule is CCCC(CCNc1cccc(C#N)n1)CCC(=O)O. The summed E-state index contributed by atoms with van der Waals surface area (Å²) in [7, 11) is 0. The zero-order chi connectivity index (χ0) is 14.8. The second-order valence-corrected chi connectivity index (χ2v) is 4.82. The average Bonchev–Trinajstić information content (AvgIpc) is 2.45. The third-order valence-corrected chi connectivity index (χ3v) is 3.19. The predicted octanol–water partition coefficient (Wildman–Crippen LogP) is 3.04. The fourth-order valence-corrected chi connectivity index (χ4v) is 2.17. The Kier molecular flexibility index (Phi) is 7.12. The van der Waals surface area contributed by atoms with Crippen LogP contribution < -0.4 is 5.32 Å². The lowest BCUT2D eigenvalue weighted by Crippen LogP contribution is -2.11. The Bertz CT molecular complexity index is 468. The monoisotopic (exact) mass is 275 g/mol. The molecule has 1 aromatic rings. The van der Waals surface area contributed by atoms with Crippen LogP contribution >= 0.6 is 0 Å². The molecule has 0 fully saturated rings. The summed E-state index contributed by atoms with van der Waals surface area (Å²) >= 11 is 0. The lowest BCUT2D eigenvalue weighted by atomic mass is 9.94. The maximum atomic E-state index is 10.6. The van der Waals surface area contributed by atoms with Crippen molar-refractivity contribution in [3.05, 3.63) is 23.9 Å². The van der Waals surface area contributed by atoms with Crippen LogP contribution in [0.4, 0.5) is 5.82 Å². The van der Waals surface area contributed by atoms with Crippen LogP contribution in [-0.4, -0.2) is 22.6 Å². The Morgan fingerprint density at radius 1 is 1.45 bits per heavy atom. The number of carboxylic acids is 1. The number of rotatable bonds is 9. The van der Waals surface area contributed by atoms with Gasteiger partial charge in [0.2, 0.25) is 0 Å². The summed E-state index contributed by atoms with van der Waals surface area (Å²) in [6.07, 6.45) is 3.97. The molecule has 0 aliphatic heterocycles. The van der Waals surface area contributed by atoms with Gasteiger partial charge in [-0.05, 0) is 30.9 Å². The molecule has 5 nitrogen and oxygen atoms in total. The van der Waals surface area contributed by atoms with Crippen molar-refractivity contribution in [1.82, 2.24) is 4.98 Å². The number of hydrogen-bond acceptors (Lipinski definition) is 4. The molecule has 1 unspecified atom stereocenters. The van der Waals surface area contributed by atoms with Crippen molar-refractivity contribution in [3.63, 3.8) is 0 Å². The molecule has 0 radical (unpaired) electrons. The van der Waals surface area contributed by atoms with Crippen molar-refractivity contribution in [2.75, 3.05) is 11.9 Å². The Balaban J connectivity index is 2.39. The Labute approximate surface area is 119 Å². The fraction of sp³-hybridized carbons (Fsp3) is 0.533. The van der Waals surface area contributed by atoms with Gasteiger partial charge in [0.05, 0.1) is 0 Å². The molecule has 0 saturated carbocycles. The third kappa shape index (κ3) is 6.19. The van der Waals surface area contributed by atoms with Gasteiger partial charge in [-0.2, -0.15) is 5.26 Å². The molecular weight excluding hydrogens is 254 g/mol. The van der Waals surface area contributed by atoms with Crippen LogP contribution in [0.3, 0.4) is 0 Å². The highest BCUT2D eigenvalue weighted by Gasteiger charge is 2.10. The standard InChI is InChI=1S/C15H21N3O2/c1-2-4-12(7-8-15(19)20)9-10-17-14-6-3-5-13(11-16)18-14/h3,5-6,12H,2,4,7-10H2,1H3,(H,17,18)(H,19,20). The average molecular weight is 275 g/mol. The minimum atomic E-state index is -0.734. The number of pyridine rings is 1. The molecule has 0 amide bonds. The van der Waals surface area contributed by atoms with E-state index in [1.807, 2.05) is 12.1 Å². The maximum Gasteiger partial charge on any atom is 0.303 e. The number of hydrogen-bond donors (Lipinski definition) is 2. The van der Waals surface area contributed by atoms with E-state index >= 15 is 0 Å². The molecule has 1 atom stereocenters. The molecule has 0 saturated heterocycles. The van der Waals surface area contributed by atoms with Crippen LogP contribution in [0.5, 0.6) is 0 Å². The van der Waals surface area contributed by atoms with Crippen molar-refractivity contribution >= 4 is 11.8 Å². The van der Waals surface area contributed by atoms with Crippen molar-refractivity contribution < 1.29 is 9.90 Å². The minimum Gasteiger partial charge on any atom is -0.481 e. The molecule has 20 heavy (non-hydrogen) atoms. The molecule has 1 rings (SSSR count). The number of aliphatic carboxylic acids is 1.